The second-order valence-electron chi connectivity index (χ2n) is 4.78. The molecule has 0 aliphatic heterocycles. The van der Waals surface area contributed by atoms with Gasteiger partial charge >= 0.3 is 0 Å². The number of hydrogen-bond acceptors (Lipinski definition) is 6. The van der Waals surface area contributed by atoms with Crippen LogP contribution in [0.2, 0.25) is 0 Å². The largest absolute Gasteiger partial charge is 0.451 e. The van der Waals surface area contributed by atoms with Crippen LogP contribution in [-0.2, 0) is 0 Å². The molecule has 0 atom stereocenters. The average molecular weight is 273 g/mol. The molecule has 0 saturated heterocycles. The van der Waals surface area contributed by atoms with E-state index in [1.54, 1.807) is 19.3 Å². The molecule has 3 N–H and O–H groups in total. The van der Waals surface area contributed by atoms with Gasteiger partial charge in [-0.05, 0) is 12.8 Å². The molecule has 0 bridgehead atoms. The van der Waals surface area contributed by atoms with Crippen molar-refractivity contribution in [1.82, 2.24) is 15.0 Å². The van der Waals surface area contributed by atoms with E-state index in [1.165, 1.54) is 0 Å². The van der Waals surface area contributed by atoms with Crippen molar-refractivity contribution in [2.75, 3.05) is 18.1 Å². The van der Waals surface area contributed by atoms with E-state index in [2.05, 4.69) is 34.1 Å². The second kappa shape index (κ2) is 5.73. The zero-order valence-corrected chi connectivity index (χ0v) is 12.1. The molecule has 0 fully saturated rings. The third-order valence-corrected chi connectivity index (χ3v) is 2.90. The second-order valence-corrected chi connectivity index (χ2v) is 4.78. The fraction of sp³-hybridized carbons (Fsp3) is 0.357. The van der Waals surface area contributed by atoms with Crippen molar-refractivity contribution in [3.63, 3.8) is 0 Å². The fourth-order valence-corrected chi connectivity index (χ4v) is 1.78. The Bertz CT molecular complexity index is 613. The van der Waals surface area contributed by atoms with Crippen molar-refractivity contribution >= 4 is 11.6 Å². The number of pyridine rings is 1. The summed E-state index contributed by atoms with van der Waals surface area (Å²) >= 11 is 0. The monoisotopic (exact) mass is 273 g/mol. The van der Waals surface area contributed by atoms with Crippen molar-refractivity contribution < 1.29 is 4.74 Å². The zero-order valence-electron chi connectivity index (χ0n) is 12.1. The molecule has 2 aromatic heterocycles. The SMILES string of the molecule is CNc1cc(Oc2cnc(C)nc2N)c(C(C)C)cn1. The molecule has 106 valence electrons. The van der Waals surface area contributed by atoms with Gasteiger partial charge in [0.25, 0.3) is 0 Å². The molecule has 2 rings (SSSR count). The highest BCUT2D eigenvalue weighted by molar-refractivity contribution is 5.51. The minimum Gasteiger partial charge on any atom is -0.451 e. The highest BCUT2D eigenvalue weighted by Gasteiger charge is 2.13. The van der Waals surface area contributed by atoms with E-state index in [0.717, 1.165) is 11.4 Å². The normalized spacial score (nSPS) is 10.7. The molecule has 0 unspecified atom stereocenters. The summed E-state index contributed by atoms with van der Waals surface area (Å²) in [5.41, 5.74) is 6.86. The highest BCUT2D eigenvalue weighted by atomic mass is 16.5. The molecule has 6 heteroatoms. The van der Waals surface area contributed by atoms with Crippen LogP contribution in [0.4, 0.5) is 11.6 Å². The van der Waals surface area contributed by atoms with Gasteiger partial charge < -0.3 is 15.8 Å². The van der Waals surface area contributed by atoms with E-state index < -0.39 is 0 Å². The van der Waals surface area contributed by atoms with Crippen LogP contribution in [0.25, 0.3) is 0 Å². The quantitative estimate of drug-likeness (QED) is 0.890. The lowest BCUT2D eigenvalue weighted by molar-refractivity contribution is 0.470. The van der Waals surface area contributed by atoms with Gasteiger partial charge in [-0.3, -0.25) is 0 Å². The number of aromatic nitrogens is 3. The number of hydrogen-bond donors (Lipinski definition) is 2. The lowest BCUT2D eigenvalue weighted by atomic mass is 10.0. The van der Waals surface area contributed by atoms with Gasteiger partial charge in [0.1, 0.15) is 17.4 Å². The standard InChI is InChI=1S/C14H19N5O/c1-8(2)10-6-18-13(16-4)5-11(10)20-12-7-17-9(3)19-14(12)15/h5-8H,1-4H3,(H,16,18)(H2,15,17,19). The summed E-state index contributed by atoms with van der Waals surface area (Å²) in [4.78, 5) is 12.5. The fourth-order valence-electron chi connectivity index (χ4n) is 1.78. The topological polar surface area (TPSA) is 86.0 Å². The van der Waals surface area contributed by atoms with E-state index in [1.807, 2.05) is 13.1 Å². The van der Waals surface area contributed by atoms with Gasteiger partial charge in [-0.25, -0.2) is 15.0 Å². The van der Waals surface area contributed by atoms with E-state index >= 15 is 0 Å². The molecule has 2 heterocycles. The lowest BCUT2D eigenvalue weighted by Crippen LogP contribution is -2.02. The molecule has 0 amide bonds. The number of nitrogens with zero attached hydrogens (tertiary/aromatic N) is 3. The third kappa shape index (κ3) is 2.96. The Labute approximate surface area is 118 Å². The molecule has 0 radical (unpaired) electrons. The number of ether oxygens (including phenoxy) is 1. The summed E-state index contributed by atoms with van der Waals surface area (Å²) in [7, 11) is 1.81. The first-order chi connectivity index (χ1) is 9.51. The first-order valence-corrected chi connectivity index (χ1v) is 6.46. The number of nitrogens with two attached hydrogens (primary N) is 1. The zero-order chi connectivity index (χ0) is 14.7. The Morgan fingerprint density at radius 2 is 1.95 bits per heavy atom. The minimum absolute atomic E-state index is 0.288. The minimum atomic E-state index is 0.288. The molecule has 20 heavy (non-hydrogen) atoms. The summed E-state index contributed by atoms with van der Waals surface area (Å²) in [5, 5.41) is 2.99. The average Bonchev–Trinajstić information content (AvgIpc) is 2.41. The van der Waals surface area contributed by atoms with E-state index in [-0.39, 0.29) is 5.92 Å². The van der Waals surface area contributed by atoms with Crippen molar-refractivity contribution in [3.05, 3.63) is 29.8 Å². The van der Waals surface area contributed by atoms with Crippen molar-refractivity contribution in [2.24, 2.45) is 0 Å². The Kier molecular flexibility index (Phi) is 4.02. The van der Waals surface area contributed by atoms with Gasteiger partial charge in [-0.1, -0.05) is 13.8 Å². The van der Waals surface area contributed by atoms with Crippen LogP contribution in [0.1, 0.15) is 31.2 Å². The highest BCUT2D eigenvalue weighted by Crippen LogP contribution is 2.33. The van der Waals surface area contributed by atoms with Gasteiger partial charge in [0, 0.05) is 24.9 Å². The molecule has 0 aromatic carbocycles. The Balaban J connectivity index is 2.40. The summed E-state index contributed by atoms with van der Waals surface area (Å²) in [5.74, 6) is 3.12. The van der Waals surface area contributed by atoms with Crippen molar-refractivity contribution in [1.29, 1.82) is 0 Å². The predicted octanol–water partition coefficient (Wildman–Crippen LogP) is 2.72. The van der Waals surface area contributed by atoms with Crippen molar-refractivity contribution in [3.8, 4) is 11.5 Å². The van der Waals surface area contributed by atoms with Gasteiger partial charge in [-0.15, -0.1) is 0 Å². The van der Waals surface area contributed by atoms with Crippen molar-refractivity contribution in [2.45, 2.75) is 26.7 Å². The van der Waals surface area contributed by atoms with E-state index in [9.17, 15) is 0 Å². The van der Waals surface area contributed by atoms with Gasteiger partial charge in [0.15, 0.2) is 11.6 Å². The van der Waals surface area contributed by atoms with Crippen LogP contribution in [0, 0.1) is 6.92 Å². The number of anilines is 2. The third-order valence-electron chi connectivity index (χ3n) is 2.90. The smallest absolute Gasteiger partial charge is 0.187 e. The number of aryl methyl sites for hydroxylation is 1. The number of nitrogen functional groups attached to an aromatic ring is 1. The number of nitrogens with one attached hydrogen (secondary N) is 1. The Hall–Kier alpha value is -2.37. The summed E-state index contributed by atoms with van der Waals surface area (Å²) in [6, 6.07) is 1.84. The summed E-state index contributed by atoms with van der Waals surface area (Å²) in [6.45, 7) is 5.95. The molecule has 0 aliphatic carbocycles. The molecule has 2 aromatic rings. The molecular weight excluding hydrogens is 254 g/mol. The molecular formula is C14H19N5O. The van der Waals surface area contributed by atoms with Crippen LogP contribution < -0.4 is 15.8 Å². The molecule has 0 spiro atoms. The van der Waals surface area contributed by atoms with Crippen LogP contribution in [0.15, 0.2) is 18.5 Å². The molecule has 0 saturated carbocycles. The van der Waals surface area contributed by atoms with E-state index in [0.29, 0.717) is 23.1 Å². The van der Waals surface area contributed by atoms with E-state index in [4.69, 9.17) is 10.5 Å². The molecule has 6 nitrogen and oxygen atoms in total. The van der Waals surface area contributed by atoms with Gasteiger partial charge in [-0.2, -0.15) is 0 Å². The predicted molar refractivity (Wildman–Crippen MR) is 79.1 cm³/mol. The van der Waals surface area contributed by atoms with Crippen LogP contribution in [0.5, 0.6) is 11.5 Å². The molecule has 0 aliphatic rings. The maximum atomic E-state index is 5.87. The Morgan fingerprint density at radius 3 is 2.55 bits per heavy atom. The summed E-state index contributed by atoms with van der Waals surface area (Å²) < 4.78 is 5.87. The Morgan fingerprint density at radius 1 is 1.20 bits per heavy atom. The van der Waals surface area contributed by atoms with Gasteiger partial charge in [0.2, 0.25) is 0 Å². The first-order valence-electron chi connectivity index (χ1n) is 6.46. The maximum absolute atomic E-state index is 5.87. The first kappa shape index (κ1) is 14.0. The van der Waals surface area contributed by atoms with Crippen LogP contribution in [-0.4, -0.2) is 22.0 Å². The van der Waals surface area contributed by atoms with Gasteiger partial charge in [0.05, 0.1) is 6.20 Å². The lowest BCUT2D eigenvalue weighted by Gasteiger charge is -2.15. The van der Waals surface area contributed by atoms with Crippen LogP contribution >= 0.6 is 0 Å². The maximum Gasteiger partial charge on any atom is 0.187 e. The number of rotatable bonds is 4. The summed E-state index contributed by atoms with van der Waals surface area (Å²) in [6.07, 6.45) is 3.39. The van der Waals surface area contributed by atoms with Crippen LogP contribution in [0.3, 0.4) is 0 Å².